The number of nitrogens with zero attached hydrogens (tertiary/aromatic N) is 1. The summed E-state index contributed by atoms with van der Waals surface area (Å²) < 4.78 is 5.25. The number of methoxy groups -OCH3 is 1. The molecule has 0 spiro atoms. The molecule has 0 aliphatic heterocycles. The van der Waals surface area contributed by atoms with Crippen LogP contribution in [0.3, 0.4) is 0 Å². The van der Waals surface area contributed by atoms with Gasteiger partial charge in [-0.1, -0.05) is 44.2 Å². The third-order valence-electron chi connectivity index (χ3n) is 3.43. The molecule has 0 amide bonds. The average Bonchev–Trinajstić information content (AvgIpc) is 2.40. The van der Waals surface area contributed by atoms with Crippen molar-refractivity contribution in [2.45, 2.75) is 26.4 Å². The molecule has 102 valence electrons. The van der Waals surface area contributed by atoms with Crippen LogP contribution in [0.25, 0.3) is 0 Å². The van der Waals surface area contributed by atoms with E-state index in [9.17, 15) is 0 Å². The van der Waals surface area contributed by atoms with Crippen LogP contribution in [0.5, 0.6) is 0 Å². The van der Waals surface area contributed by atoms with E-state index in [2.05, 4.69) is 43.0 Å². The molecule has 0 aliphatic carbocycles. The van der Waals surface area contributed by atoms with Gasteiger partial charge in [0.1, 0.15) is 0 Å². The highest BCUT2D eigenvalue weighted by Gasteiger charge is 2.22. The maximum absolute atomic E-state index is 5.94. The second-order valence-corrected chi connectivity index (χ2v) is 4.78. The van der Waals surface area contributed by atoms with E-state index >= 15 is 0 Å². The zero-order valence-corrected chi connectivity index (χ0v) is 11.8. The van der Waals surface area contributed by atoms with Crippen LogP contribution in [0, 0.1) is 5.92 Å². The van der Waals surface area contributed by atoms with E-state index in [1.54, 1.807) is 7.11 Å². The molecule has 3 nitrogen and oxygen atoms in total. The van der Waals surface area contributed by atoms with Crippen molar-refractivity contribution in [1.29, 1.82) is 0 Å². The molecule has 0 radical (unpaired) electrons. The summed E-state index contributed by atoms with van der Waals surface area (Å²) in [6, 6.07) is 10.9. The van der Waals surface area contributed by atoms with Crippen molar-refractivity contribution in [2.24, 2.45) is 11.7 Å². The molecule has 0 saturated carbocycles. The van der Waals surface area contributed by atoms with Gasteiger partial charge in [0, 0.05) is 26.2 Å². The first-order valence-electron chi connectivity index (χ1n) is 6.69. The minimum atomic E-state index is 0.371. The van der Waals surface area contributed by atoms with Gasteiger partial charge in [-0.3, -0.25) is 4.90 Å². The Hall–Kier alpha value is -0.900. The fourth-order valence-electron chi connectivity index (χ4n) is 2.40. The molecule has 0 heterocycles. The van der Waals surface area contributed by atoms with E-state index in [0.717, 1.165) is 19.7 Å². The van der Waals surface area contributed by atoms with Crippen LogP contribution in [0.15, 0.2) is 30.3 Å². The molecule has 2 N–H and O–H groups in total. The lowest BCUT2D eigenvalue weighted by Crippen LogP contribution is -2.45. The van der Waals surface area contributed by atoms with E-state index in [-0.39, 0.29) is 0 Å². The minimum absolute atomic E-state index is 0.371. The Kier molecular flexibility index (Phi) is 6.94. The normalized spacial score (nSPS) is 14.7. The molecule has 3 heteroatoms. The Labute approximate surface area is 111 Å². The van der Waals surface area contributed by atoms with Crippen LogP contribution in [0.2, 0.25) is 0 Å². The van der Waals surface area contributed by atoms with Gasteiger partial charge in [-0.25, -0.2) is 0 Å². The van der Waals surface area contributed by atoms with Gasteiger partial charge in [0.2, 0.25) is 0 Å². The number of rotatable bonds is 8. The number of ether oxygens (including phenoxy) is 1. The van der Waals surface area contributed by atoms with Crippen molar-refractivity contribution in [1.82, 2.24) is 4.90 Å². The lowest BCUT2D eigenvalue weighted by atomic mass is 10.0. The summed E-state index contributed by atoms with van der Waals surface area (Å²) in [6.45, 7) is 7.77. The Bertz CT molecular complexity index is 316. The minimum Gasteiger partial charge on any atom is -0.384 e. The summed E-state index contributed by atoms with van der Waals surface area (Å²) in [5.41, 5.74) is 7.27. The van der Waals surface area contributed by atoms with E-state index in [1.807, 2.05) is 6.07 Å². The molecule has 2 unspecified atom stereocenters. The summed E-state index contributed by atoms with van der Waals surface area (Å²) in [4.78, 5) is 2.43. The Balaban J connectivity index is 2.68. The average molecular weight is 250 g/mol. The fourth-order valence-corrected chi connectivity index (χ4v) is 2.40. The van der Waals surface area contributed by atoms with Crippen LogP contribution in [0.1, 0.15) is 19.4 Å². The van der Waals surface area contributed by atoms with Gasteiger partial charge in [-0.05, 0) is 18.0 Å². The maximum atomic E-state index is 5.94. The van der Waals surface area contributed by atoms with Gasteiger partial charge in [0.05, 0.1) is 6.61 Å². The molecule has 0 fully saturated rings. The van der Waals surface area contributed by atoms with Crippen molar-refractivity contribution in [3.63, 3.8) is 0 Å². The zero-order chi connectivity index (χ0) is 13.4. The second-order valence-electron chi connectivity index (χ2n) is 4.78. The Morgan fingerprint density at radius 1 is 1.28 bits per heavy atom. The smallest absolute Gasteiger partial charge is 0.0503 e. The first-order chi connectivity index (χ1) is 8.72. The van der Waals surface area contributed by atoms with Gasteiger partial charge in [0.15, 0.2) is 0 Å². The monoisotopic (exact) mass is 250 g/mol. The van der Waals surface area contributed by atoms with E-state index in [0.29, 0.717) is 18.5 Å². The number of hydrogen-bond donors (Lipinski definition) is 1. The van der Waals surface area contributed by atoms with Gasteiger partial charge < -0.3 is 10.5 Å². The standard InChI is InChI=1S/C15H26N2O/c1-4-17(11-14-8-6-5-7-9-14)15(10-16)13(2)12-18-3/h5-9,13,15H,4,10-12,16H2,1-3H3. The topological polar surface area (TPSA) is 38.5 Å². The quantitative estimate of drug-likeness (QED) is 0.768. The van der Waals surface area contributed by atoms with E-state index in [1.165, 1.54) is 5.56 Å². The summed E-state index contributed by atoms with van der Waals surface area (Å²) in [6.07, 6.45) is 0. The molecule has 1 aromatic rings. The molecular weight excluding hydrogens is 224 g/mol. The molecular formula is C15H26N2O. The van der Waals surface area contributed by atoms with Crippen molar-refractivity contribution in [3.8, 4) is 0 Å². The first kappa shape index (κ1) is 15.2. The maximum Gasteiger partial charge on any atom is 0.0503 e. The summed E-state index contributed by atoms with van der Waals surface area (Å²) in [5, 5.41) is 0. The zero-order valence-electron chi connectivity index (χ0n) is 11.8. The van der Waals surface area contributed by atoms with Crippen molar-refractivity contribution in [2.75, 3.05) is 26.8 Å². The lowest BCUT2D eigenvalue weighted by molar-refractivity contribution is 0.0838. The third-order valence-corrected chi connectivity index (χ3v) is 3.43. The Morgan fingerprint density at radius 3 is 2.44 bits per heavy atom. The molecule has 0 bridgehead atoms. The molecule has 1 rings (SSSR count). The molecule has 0 aromatic heterocycles. The van der Waals surface area contributed by atoms with Crippen molar-refractivity contribution in [3.05, 3.63) is 35.9 Å². The number of hydrogen-bond acceptors (Lipinski definition) is 3. The van der Waals surface area contributed by atoms with Crippen molar-refractivity contribution >= 4 is 0 Å². The predicted octanol–water partition coefficient (Wildman–Crippen LogP) is 2.12. The van der Waals surface area contributed by atoms with E-state index in [4.69, 9.17) is 10.5 Å². The third kappa shape index (κ3) is 4.41. The predicted molar refractivity (Wildman–Crippen MR) is 76.4 cm³/mol. The van der Waals surface area contributed by atoms with Gasteiger partial charge in [-0.15, -0.1) is 0 Å². The summed E-state index contributed by atoms with van der Waals surface area (Å²) >= 11 is 0. The fraction of sp³-hybridized carbons (Fsp3) is 0.600. The lowest BCUT2D eigenvalue weighted by Gasteiger charge is -2.34. The van der Waals surface area contributed by atoms with E-state index < -0.39 is 0 Å². The number of benzene rings is 1. The molecule has 0 saturated heterocycles. The van der Waals surface area contributed by atoms with Crippen LogP contribution < -0.4 is 5.73 Å². The van der Waals surface area contributed by atoms with Crippen molar-refractivity contribution < 1.29 is 4.74 Å². The highest BCUT2D eigenvalue weighted by Crippen LogP contribution is 2.14. The van der Waals surface area contributed by atoms with Gasteiger partial charge in [-0.2, -0.15) is 0 Å². The Morgan fingerprint density at radius 2 is 1.94 bits per heavy atom. The van der Waals surface area contributed by atoms with Gasteiger partial charge in [0.25, 0.3) is 0 Å². The molecule has 2 atom stereocenters. The largest absolute Gasteiger partial charge is 0.384 e. The molecule has 18 heavy (non-hydrogen) atoms. The summed E-state index contributed by atoms with van der Waals surface area (Å²) in [7, 11) is 1.75. The molecule has 0 aliphatic rings. The van der Waals surface area contributed by atoms with Gasteiger partial charge >= 0.3 is 0 Å². The van der Waals surface area contributed by atoms with Crippen LogP contribution in [-0.2, 0) is 11.3 Å². The number of nitrogens with two attached hydrogens (primary N) is 1. The van der Waals surface area contributed by atoms with Crippen LogP contribution in [-0.4, -0.2) is 37.7 Å². The second kappa shape index (κ2) is 8.25. The molecule has 1 aromatic carbocycles. The first-order valence-corrected chi connectivity index (χ1v) is 6.69. The SMILES string of the molecule is CCN(Cc1ccccc1)C(CN)C(C)COC. The summed E-state index contributed by atoms with van der Waals surface area (Å²) in [5.74, 6) is 0.448. The highest BCUT2D eigenvalue weighted by molar-refractivity contribution is 5.14. The van der Waals surface area contributed by atoms with Crippen LogP contribution >= 0.6 is 0 Å². The number of likely N-dealkylation sites (N-methyl/N-ethyl adjacent to an activating group) is 1. The van der Waals surface area contributed by atoms with Crippen LogP contribution in [0.4, 0.5) is 0 Å². The highest BCUT2D eigenvalue weighted by atomic mass is 16.5.